The second kappa shape index (κ2) is 98.5. The van der Waals surface area contributed by atoms with E-state index in [1.54, 1.807) is 11.1 Å². The Kier molecular flexibility index (Phi) is 95.9. The van der Waals surface area contributed by atoms with E-state index in [2.05, 4.69) is 41.5 Å². The van der Waals surface area contributed by atoms with Gasteiger partial charge in [-0.2, -0.15) is 0 Å². The van der Waals surface area contributed by atoms with E-state index < -0.39 is 0 Å². The molecule has 684 valence electrons. The molecule has 1 heteroatoms. The van der Waals surface area contributed by atoms with Crippen molar-refractivity contribution in [3.8, 4) is 5.75 Å². The first-order chi connectivity index (χ1) is 57.2. The van der Waals surface area contributed by atoms with E-state index in [1.165, 1.54) is 654 Å². The molecule has 0 aliphatic carbocycles. The predicted molar refractivity (Wildman–Crippen MR) is 528 cm³/mol. The summed E-state index contributed by atoms with van der Waals surface area (Å²) in [5.74, 6) is 1.48. The second-order valence-electron chi connectivity index (χ2n) is 39.1. The largest absolute Gasteiger partial charge is 0.493 e. The first kappa shape index (κ1) is 112. The van der Waals surface area contributed by atoms with Crippen molar-refractivity contribution < 1.29 is 4.74 Å². The van der Waals surface area contributed by atoms with Crippen molar-refractivity contribution in [2.75, 3.05) is 6.61 Å². The summed E-state index contributed by atoms with van der Waals surface area (Å²) in [5, 5.41) is 0. The Bertz CT molecular complexity index is 1620. The average Bonchev–Trinajstić information content (AvgIpc) is 0.768. The van der Waals surface area contributed by atoms with E-state index in [9.17, 15) is 0 Å². The molecule has 1 aromatic rings. The van der Waals surface area contributed by atoms with Crippen LogP contribution in [0.15, 0.2) is 0 Å². The number of ether oxygens (including phenoxy) is 1. The zero-order valence-electron chi connectivity index (χ0n) is 81.5. The molecule has 0 aliphatic rings. The van der Waals surface area contributed by atoms with Crippen LogP contribution in [0.2, 0.25) is 0 Å². The van der Waals surface area contributed by atoms with Gasteiger partial charge in [-0.25, -0.2) is 0 Å². The third kappa shape index (κ3) is 79.9. The lowest BCUT2D eigenvalue weighted by Gasteiger charge is -2.28. The number of hydrogen-bond acceptors (Lipinski definition) is 1. The van der Waals surface area contributed by atoms with Crippen molar-refractivity contribution in [3.63, 3.8) is 0 Å². The molecule has 0 N–H and O–H groups in total. The zero-order valence-corrected chi connectivity index (χ0v) is 81.5. The molecular formula is C114H222O. The molecule has 0 amide bonds. The first-order valence-electron chi connectivity index (χ1n) is 56.0. The van der Waals surface area contributed by atoms with E-state index >= 15 is 0 Å². The molecule has 115 heavy (non-hydrogen) atoms. The minimum atomic E-state index is 0.936. The van der Waals surface area contributed by atoms with E-state index in [0.29, 0.717) is 0 Å². The fourth-order valence-electron chi connectivity index (χ4n) is 19.7. The van der Waals surface area contributed by atoms with Gasteiger partial charge in [0.15, 0.2) is 0 Å². The van der Waals surface area contributed by atoms with Gasteiger partial charge in [0, 0.05) is 0 Å². The Morgan fingerprint density at radius 3 is 0.330 bits per heavy atom. The molecule has 1 aromatic carbocycles. The van der Waals surface area contributed by atoms with E-state index in [-0.39, 0.29) is 0 Å². The van der Waals surface area contributed by atoms with Crippen LogP contribution in [0.4, 0.5) is 0 Å². The molecule has 0 bridgehead atoms. The summed E-state index contributed by atoms with van der Waals surface area (Å²) in [6, 6.07) is 0. The summed E-state index contributed by atoms with van der Waals surface area (Å²) < 4.78 is 7.78. The van der Waals surface area contributed by atoms with E-state index in [4.69, 9.17) is 4.74 Å². The molecule has 1 nitrogen and oxygen atoms in total. The number of benzene rings is 1. The first-order valence-corrected chi connectivity index (χ1v) is 56.0. The smallest absolute Gasteiger partial charge is 0.126 e. The molecule has 0 aromatic heterocycles. The molecule has 0 aliphatic heterocycles. The summed E-state index contributed by atoms with van der Waals surface area (Å²) in [4.78, 5) is 0. The molecular weight excluding hydrogens is 1390 g/mol. The third-order valence-corrected chi connectivity index (χ3v) is 27.7. The molecule has 1 rings (SSSR count). The predicted octanol–water partition coefficient (Wildman–Crippen LogP) is 42.3. The molecule has 0 unspecified atom stereocenters. The van der Waals surface area contributed by atoms with Gasteiger partial charge in [-0.3, -0.25) is 0 Å². The van der Waals surface area contributed by atoms with Crippen molar-refractivity contribution in [1.29, 1.82) is 0 Å². The van der Waals surface area contributed by atoms with Gasteiger partial charge in [0.1, 0.15) is 5.75 Å². The van der Waals surface area contributed by atoms with Crippen LogP contribution < -0.4 is 4.74 Å². The highest BCUT2D eigenvalue weighted by Gasteiger charge is 2.25. The number of unbranched alkanes of at least 4 members (excludes halogenated alkanes) is 90. The Hall–Kier alpha value is -0.980. The van der Waals surface area contributed by atoms with Gasteiger partial charge < -0.3 is 4.74 Å². The Morgan fingerprint density at radius 2 is 0.200 bits per heavy atom. The Balaban J connectivity index is 3.69. The standard InChI is InChI=1S/C114H222O/c1-7-13-19-25-31-37-43-49-55-61-67-73-79-85-91-97-103-109-110(104-98-92-86-80-74-68-62-56-50-44-38-32-26-20-14-8-2)112(106-100-94-88-82-76-70-64-58-52-46-40-34-28-22-16-10-4)114(115-108-102-96-90-84-78-72-66-60-54-48-42-36-30-24-18-12-6)113(107-101-95-89-83-77-71-65-59-53-47-41-35-29-23-17-11-5)111(109)105-99-93-87-81-75-69-63-57-51-45-39-33-27-21-15-9-3/h7-108H2,1-6H3. The summed E-state index contributed by atoms with van der Waals surface area (Å²) in [5.41, 5.74) is 9.14. The maximum atomic E-state index is 7.78. The maximum Gasteiger partial charge on any atom is 0.126 e. The van der Waals surface area contributed by atoms with Gasteiger partial charge in [0.25, 0.3) is 0 Å². The molecule has 0 spiro atoms. The maximum absolute atomic E-state index is 7.78. The van der Waals surface area contributed by atoms with Gasteiger partial charge in [-0.05, 0) is 98.4 Å². The SMILES string of the molecule is CCCCCCCCCCCCCCCCCCOc1c(CCCCCCCCCCCCCCCCCC)c(CCCCCCCCCCCCCCCCCC)c(CCCCCCCCCCCCCCCCCC)c(CCCCCCCCCCCCCCCCCC)c1CCCCCCCCCCCCCCCCCC. The van der Waals surface area contributed by atoms with Crippen molar-refractivity contribution in [2.24, 2.45) is 0 Å². The summed E-state index contributed by atoms with van der Waals surface area (Å²) in [6.07, 6.45) is 145. The minimum absolute atomic E-state index is 0.936. The van der Waals surface area contributed by atoms with E-state index in [1.807, 2.05) is 16.7 Å². The van der Waals surface area contributed by atoms with Crippen LogP contribution in [0.25, 0.3) is 0 Å². The van der Waals surface area contributed by atoms with Crippen LogP contribution in [-0.4, -0.2) is 6.61 Å². The van der Waals surface area contributed by atoms with Gasteiger partial charge in [0.2, 0.25) is 0 Å². The van der Waals surface area contributed by atoms with Gasteiger partial charge in [0.05, 0.1) is 6.61 Å². The Labute approximate surface area is 730 Å². The number of hydrogen-bond donors (Lipinski definition) is 0. The summed E-state index contributed by atoms with van der Waals surface area (Å²) >= 11 is 0. The number of rotatable bonds is 103. The molecule has 0 atom stereocenters. The quantitative estimate of drug-likeness (QED) is 0.0591. The van der Waals surface area contributed by atoms with Crippen LogP contribution in [-0.2, 0) is 32.1 Å². The van der Waals surface area contributed by atoms with Crippen LogP contribution in [0.5, 0.6) is 5.75 Å². The van der Waals surface area contributed by atoms with Gasteiger partial charge in [-0.1, -0.05) is 619 Å². The highest BCUT2D eigenvalue weighted by Crippen LogP contribution is 2.41. The fraction of sp³-hybridized carbons (Fsp3) is 0.947. The average molecular weight is 1610 g/mol. The topological polar surface area (TPSA) is 9.23 Å². The van der Waals surface area contributed by atoms with Crippen molar-refractivity contribution in [1.82, 2.24) is 0 Å². The lowest BCUT2D eigenvalue weighted by atomic mass is 9.80. The highest BCUT2D eigenvalue weighted by atomic mass is 16.5. The van der Waals surface area contributed by atoms with Crippen molar-refractivity contribution in [2.45, 2.75) is 690 Å². The second-order valence-corrected chi connectivity index (χ2v) is 39.1. The van der Waals surface area contributed by atoms with Gasteiger partial charge in [-0.15, -0.1) is 0 Å². The molecule has 0 radical (unpaired) electrons. The van der Waals surface area contributed by atoms with E-state index in [0.717, 1.165) is 6.61 Å². The monoisotopic (exact) mass is 1610 g/mol. The van der Waals surface area contributed by atoms with Crippen LogP contribution >= 0.6 is 0 Å². The fourth-order valence-corrected chi connectivity index (χ4v) is 19.7. The minimum Gasteiger partial charge on any atom is -0.493 e. The lowest BCUT2D eigenvalue weighted by Crippen LogP contribution is -2.15. The van der Waals surface area contributed by atoms with Crippen molar-refractivity contribution >= 4 is 0 Å². The molecule has 0 saturated carbocycles. The summed E-state index contributed by atoms with van der Waals surface area (Å²) in [7, 11) is 0. The molecule has 0 saturated heterocycles. The molecule has 0 heterocycles. The zero-order chi connectivity index (χ0) is 82.3. The van der Waals surface area contributed by atoms with Crippen LogP contribution in [0.3, 0.4) is 0 Å². The Morgan fingerprint density at radius 1 is 0.104 bits per heavy atom. The van der Waals surface area contributed by atoms with Gasteiger partial charge >= 0.3 is 0 Å². The molecule has 0 fully saturated rings. The van der Waals surface area contributed by atoms with Crippen LogP contribution in [0.1, 0.15) is 686 Å². The third-order valence-electron chi connectivity index (χ3n) is 27.7. The normalized spacial score (nSPS) is 11.8. The highest BCUT2D eigenvalue weighted by molar-refractivity contribution is 5.57. The van der Waals surface area contributed by atoms with Crippen LogP contribution in [0, 0.1) is 0 Å². The van der Waals surface area contributed by atoms with Crippen molar-refractivity contribution in [3.05, 3.63) is 27.8 Å². The lowest BCUT2D eigenvalue weighted by molar-refractivity contribution is 0.296. The summed E-state index contributed by atoms with van der Waals surface area (Å²) in [6.45, 7) is 15.0.